The molecule has 2 unspecified atom stereocenters. The summed E-state index contributed by atoms with van der Waals surface area (Å²) in [6.45, 7) is 3.29. The first-order valence-corrected chi connectivity index (χ1v) is 7.53. The average Bonchev–Trinajstić information content (AvgIpc) is 2.48. The molecule has 0 aliphatic carbocycles. The maximum atomic E-state index is 10.5. The van der Waals surface area contributed by atoms with E-state index in [0.717, 1.165) is 38.0 Å². The Hall–Kier alpha value is -1.43. The molecular formula is C16H24N2O3. The minimum atomic E-state index is -0.817. The first-order chi connectivity index (χ1) is 10.1. The Morgan fingerprint density at radius 3 is 2.86 bits per heavy atom. The summed E-state index contributed by atoms with van der Waals surface area (Å²) >= 11 is 0. The highest BCUT2D eigenvalue weighted by Crippen LogP contribution is 2.20. The summed E-state index contributed by atoms with van der Waals surface area (Å²) in [5, 5.41) is 21.9. The van der Waals surface area contributed by atoms with Crippen molar-refractivity contribution in [1.29, 1.82) is 0 Å². The molecule has 0 amide bonds. The molecule has 1 aromatic rings. The van der Waals surface area contributed by atoms with E-state index in [4.69, 9.17) is 5.11 Å². The third kappa shape index (κ3) is 5.46. The van der Waals surface area contributed by atoms with Crippen molar-refractivity contribution in [2.45, 2.75) is 18.9 Å². The van der Waals surface area contributed by atoms with E-state index in [1.54, 1.807) is 0 Å². The van der Waals surface area contributed by atoms with Crippen molar-refractivity contribution in [3.63, 3.8) is 0 Å². The van der Waals surface area contributed by atoms with Gasteiger partial charge < -0.3 is 20.4 Å². The summed E-state index contributed by atoms with van der Waals surface area (Å²) in [5.74, 6) is -0.358. The van der Waals surface area contributed by atoms with Crippen molar-refractivity contribution in [1.82, 2.24) is 10.2 Å². The molecule has 2 atom stereocenters. The second-order valence-electron chi connectivity index (χ2n) is 5.72. The fourth-order valence-electron chi connectivity index (χ4n) is 2.89. The Morgan fingerprint density at radius 1 is 1.38 bits per heavy atom. The van der Waals surface area contributed by atoms with E-state index >= 15 is 0 Å². The largest absolute Gasteiger partial charge is 0.480 e. The number of carboxylic acids is 1. The van der Waals surface area contributed by atoms with Gasteiger partial charge in [-0.1, -0.05) is 30.3 Å². The van der Waals surface area contributed by atoms with E-state index in [0.29, 0.717) is 12.5 Å². The van der Waals surface area contributed by atoms with Gasteiger partial charge >= 0.3 is 5.97 Å². The number of rotatable bonds is 7. The van der Waals surface area contributed by atoms with Gasteiger partial charge in [-0.25, -0.2) is 0 Å². The van der Waals surface area contributed by atoms with Crippen LogP contribution in [-0.4, -0.2) is 53.8 Å². The number of aliphatic hydroxyl groups excluding tert-OH is 1. The van der Waals surface area contributed by atoms with Gasteiger partial charge in [0.25, 0.3) is 0 Å². The van der Waals surface area contributed by atoms with Gasteiger partial charge in [-0.05, 0) is 37.4 Å². The molecule has 0 saturated carbocycles. The maximum Gasteiger partial charge on any atom is 0.317 e. The molecule has 1 fully saturated rings. The van der Waals surface area contributed by atoms with Crippen LogP contribution >= 0.6 is 0 Å². The second kappa shape index (κ2) is 8.12. The average molecular weight is 292 g/mol. The molecule has 1 aliphatic heterocycles. The fourth-order valence-corrected chi connectivity index (χ4v) is 2.89. The van der Waals surface area contributed by atoms with E-state index in [-0.39, 0.29) is 6.54 Å². The zero-order valence-electron chi connectivity index (χ0n) is 12.2. The number of aliphatic hydroxyl groups is 1. The molecule has 1 heterocycles. The second-order valence-corrected chi connectivity index (χ2v) is 5.72. The van der Waals surface area contributed by atoms with Gasteiger partial charge in [-0.3, -0.25) is 4.79 Å². The molecule has 0 bridgehead atoms. The van der Waals surface area contributed by atoms with Gasteiger partial charge in [0, 0.05) is 13.1 Å². The number of nitrogens with one attached hydrogen (secondary N) is 1. The van der Waals surface area contributed by atoms with Crippen LogP contribution in [0.4, 0.5) is 0 Å². The molecule has 5 heteroatoms. The standard InChI is InChI=1S/C16H24N2O3/c19-15(14-6-2-1-3-7-14)12-18-8-4-5-13(11-18)9-17-10-16(20)21/h1-3,6-7,13,15,17,19H,4-5,8-12H2,(H,20,21). The van der Waals surface area contributed by atoms with Gasteiger partial charge in [0.1, 0.15) is 0 Å². The molecule has 116 valence electrons. The Balaban J connectivity index is 1.77. The number of β-amino-alcohol motifs (C(OH)–C–C–N with tert-alkyl or cyclic N) is 1. The highest BCUT2D eigenvalue weighted by atomic mass is 16.4. The molecule has 1 aliphatic rings. The number of piperidine rings is 1. The highest BCUT2D eigenvalue weighted by molar-refractivity contribution is 5.68. The van der Waals surface area contributed by atoms with Gasteiger partial charge in [0.2, 0.25) is 0 Å². The Morgan fingerprint density at radius 2 is 2.14 bits per heavy atom. The summed E-state index contributed by atoms with van der Waals surface area (Å²) in [7, 11) is 0. The first-order valence-electron chi connectivity index (χ1n) is 7.53. The summed E-state index contributed by atoms with van der Waals surface area (Å²) in [5.41, 5.74) is 0.948. The van der Waals surface area contributed by atoms with Crippen molar-refractivity contribution in [2.75, 3.05) is 32.7 Å². The number of nitrogens with zero attached hydrogens (tertiary/aromatic N) is 1. The van der Waals surface area contributed by atoms with Crippen LogP contribution in [0, 0.1) is 5.92 Å². The number of benzene rings is 1. The topological polar surface area (TPSA) is 72.8 Å². The molecular weight excluding hydrogens is 268 g/mol. The summed E-state index contributed by atoms with van der Waals surface area (Å²) in [4.78, 5) is 12.8. The smallest absolute Gasteiger partial charge is 0.317 e. The molecule has 0 aromatic heterocycles. The van der Waals surface area contributed by atoms with Crippen LogP contribution in [0.3, 0.4) is 0 Å². The van der Waals surface area contributed by atoms with E-state index < -0.39 is 12.1 Å². The lowest BCUT2D eigenvalue weighted by atomic mass is 9.97. The van der Waals surface area contributed by atoms with E-state index in [1.807, 2.05) is 30.3 Å². The predicted octanol–water partition coefficient (Wildman–Crippen LogP) is 1.11. The van der Waals surface area contributed by atoms with Gasteiger partial charge in [-0.2, -0.15) is 0 Å². The third-order valence-corrected chi connectivity index (χ3v) is 3.93. The maximum absolute atomic E-state index is 10.5. The summed E-state index contributed by atoms with van der Waals surface area (Å²) in [6.07, 6.45) is 1.75. The molecule has 21 heavy (non-hydrogen) atoms. The van der Waals surface area contributed by atoms with Crippen molar-refractivity contribution in [2.24, 2.45) is 5.92 Å². The lowest BCUT2D eigenvalue weighted by molar-refractivity contribution is -0.136. The molecule has 0 spiro atoms. The van der Waals surface area contributed by atoms with Crippen molar-refractivity contribution < 1.29 is 15.0 Å². The highest BCUT2D eigenvalue weighted by Gasteiger charge is 2.22. The molecule has 1 aromatic carbocycles. The monoisotopic (exact) mass is 292 g/mol. The number of aliphatic carboxylic acids is 1. The Labute approximate surface area is 125 Å². The van der Waals surface area contributed by atoms with Crippen LogP contribution in [0.1, 0.15) is 24.5 Å². The number of carboxylic acid groups (broad SMARTS) is 1. The molecule has 2 rings (SSSR count). The number of likely N-dealkylation sites (tertiary alicyclic amines) is 1. The lowest BCUT2D eigenvalue weighted by Crippen LogP contribution is -2.42. The fraction of sp³-hybridized carbons (Fsp3) is 0.562. The predicted molar refractivity (Wildman–Crippen MR) is 81.1 cm³/mol. The van der Waals surface area contributed by atoms with Crippen LogP contribution in [0.25, 0.3) is 0 Å². The minimum absolute atomic E-state index is 0.0170. The molecule has 1 saturated heterocycles. The van der Waals surface area contributed by atoms with Crippen molar-refractivity contribution >= 4 is 5.97 Å². The van der Waals surface area contributed by atoms with Crippen LogP contribution in [0.5, 0.6) is 0 Å². The Bertz CT molecular complexity index is 438. The summed E-state index contributed by atoms with van der Waals surface area (Å²) < 4.78 is 0. The normalized spacial score (nSPS) is 21.1. The third-order valence-electron chi connectivity index (χ3n) is 3.93. The molecule has 0 radical (unpaired) electrons. The minimum Gasteiger partial charge on any atom is -0.480 e. The van der Waals surface area contributed by atoms with Crippen LogP contribution in [0.15, 0.2) is 30.3 Å². The van der Waals surface area contributed by atoms with Crippen molar-refractivity contribution in [3.05, 3.63) is 35.9 Å². The Kier molecular flexibility index (Phi) is 6.17. The number of hydrogen-bond donors (Lipinski definition) is 3. The van der Waals surface area contributed by atoms with Gasteiger partial charge in [-0.15, -0.1) is 0 Å². The van der Waals surface area contributed by atoms with E-state index in [2.05, 4.69) is 10.2 Å². The molecule has 3 N–H and O–H groups in total. The lowest BCUT2D eigenvalue weighted by Gasteiger charge is -2.34. The van der Waals surface area contributed by atoms with E-state index in [9.17, 15) is 9.90 Å². The van der Waals surface area contributed by atoms with Crippen LogP contribution in [0.2, 0.25) is 0 Å². The zero-order chi connectivity index (χ0) is 15.1. The SMILES string of the molecule is O=C(O)CNCC1CCCN(CC(O)c2ccccc2)C1. The summed E-state index contributed by atoms with van der Waals surface area (Å²) in [6, 6.07) is 9.71. The van der Waals surface area contributed by atoms with Gasteiger partial charge in [0.05, 0.1) is 12.6 Å². The van der Waals surface area contributed by atoms with E-state index in [1.165, 1.54) is 0 Å². The quantitative estimate of drug-likeness (QED) is 0.702. The first kappa shape index (κ1) is 15.9. The number of carbonyl (C=O) groups is 1. The molecule has 5 nitrogen and oxygen atoms in total. The number of hydrogen-bond acceptors (Lipinski definition) is 4. The van der Waals surface area contributed by atoms with Crippen LogP contribution in [-0.2, 0) is 4.79 Å². The zero-order valence-corrected chi connectivity index (χ0v) is 12.2. The van der Waals surface area contributed by atoms with Crippen LogP contribution < -0.4 is 5.32 Å². The van der Waals surface area contributed by atoms with Gasteiger partial charge in [0.15, 0.2) is 0 Å². The van der Waals surface area contributed by atoms with Crippen molar-refractivity contribution in [3.8, 4) is 0 Å².